The summed E-state index contributed by atoms with van der Waals surface area (Å²) < 4.78 is 0. The molecule has 16 heteroatoms. The first kappa shape index (κ1) is 40.8. The zero-order chi connectivity index (χ0) is 38.4. The van der Waals surface area contributed by atoms with Crippen LogP contribution < -0.4 is 21.7 Å². The lowest BCUT2D eigenvalue weighted by Gasteiger charge is -2.27. The molecule has 9 amide bonds. The molecular formula is C36H47N7O9. The Morgan fingerprint density at radius 1 is 0.808 bits per heavy atom. The number of primary amides is 1. The van der Waals surface area contributed by atoms with E-state index in [2.05, 4.69) is 16.0 Å². The van der Waals surface area contributed by atoms with E-state index in [0.717, 1.165) is 46.1 Å². The Kier molecular flexibility index (Phi) is 15.4. The number of nitrogens with one attached hydrogen (secondary N) is 3. The fraction of sp³-hybridized carbons (Fsp3) is 0.472. The normalized spacial score (nSPS) is 14.9. The molecule has 0 fully saturated rings. The van der Waals surface area contributed by atoms with E-state index < -0.39 is 59.3 Å². The quantitative estimate of drug-likeness (QED) is 0.104. The average Bonchev–Trinajstić information content (AvgIpc) is 3.60. The summed E-state index contributed by atoms with van der Waals surface area (Å²) >= 11 is 0. The van der Waals surface area contributed by atoms with Gasteiger partial charge in [0, 0.05) is 87.9 Å². The first-order chi connectivity index (χ1) is 24.7. The predicted octanol–water partition coefficient (Wildman–Crippen LogP) is 0.811. The number of Topliss-reactive ketones (excluding diaryl/α,β-unsaturated/α-hetero) is 1. The van der Waals surface area contributed by atoms with E-state index in [0.29, 0.717) is 12.1 Å². The zero-order valence-corrected chi connectivity index (χ0v) is 29.7. The zero-order valence-electron chi connectivity index (χ0n) is 29.7. The van der Waals surface area contributed by atoms with Crippen LogP contribution in [0.15, 0.2) is 48.6 Å². The highest BCUT2D eigenvalue weighted by atomic mass is 16.2. The van der Waals surface area contributed by atoms with Gasteiger partial charge in [0.1, 0.15) is 0 Å². The van der Waals surface area contributed by atoms with Crippen molar-refractivity contribution in [2.45, 2.75) is 65.3 Å². The van der Waals surface area contributed by atoms with Crippen molar-refractivity contribution in [1.82, 2.24) is 25.3 Å². The molecule has 0 spiro atoms. The van der Waals surface area contributed by atoms with Crippen molar-refractivity contribution in [3.05, 3.63) is 54.1 Å². The highest BCUT2D eigenvalue weighted by Gasteiger charge is 2.31. The monoisotopic (exact) mass is 721 g/mol. The van der Waals surface area contributed by atoms with Crippen LogP contribution in [-0.2, 0) is 44.8 Å². The molecule has 0 bridgehead atoms. The van der Waals surface area contributed by atoms with Gasteiger partial charge in [-0.1, -0.05) is 32.9 Å². The molecule has 0 saturated carbocycles. The Balaban J connectivity index is 1.63. The second-order valence-corrected chi connectivity index (χ2v) is 12.8. The first-order valence-electron chi connectivity index (χ1n) is 17.3. The number of hydrogen-bond acceptors (Lipinski definition) is 9. The van der Waals surface area contributed by atoms with Gasteiger partial charge in [0.25, 0.3) is 23.6 Å². The van der Waals surface area contributed by atoms with Crippen LogP contribution in [0.3, 0.4) is 0 Å². The Morgan fingerprint density at radius 3 is 1.83 bits per heavy atom. The van der Waals surface area contributed by atoms with Crippen LogP contribution in [0, 0.1) is 11.8 Å². The molecule has 0 saturated heterocycles. The van der Waals surface area contributed by atoms with Crippen LogP contribution in [0.25, 0.3) is 0 Å². The number of imide groups is 2. The number of anilines is 1. The van der Waals surface area contributed by atoms with Gasteiger partial charge in [-0.3, -0.25) is 48.2 Å². The summed E-state index contributed by atoms with van der Waals surface area (Å²) in [5, 5.41) is 8.02. The minimum Gasteiger partial charge on any atom is -0.352 e. The summed E-state index contributed by atoms with van der Waals surface area (Å²) in [7, 11) is 0. The SMILES string of the molecule is CCc1ccc(NC(=O)[C@H](CCCNC(N)=O)CC(=O)[C@@H](NC(=O)CCC(=O)N(CCN2C(=O)C=CC2=O)CCN2C(=O)C=CC2=O)C(C)C)cc1. The molecule has 0 radical (unpaired) electrons. The molecule has 2 aliphatic heterocycles. The number of ketones is 1. The van der Waals surface area contributed by atoms with E-state index in [1.807, 2.05) is 19.1 Å². The van der Waals surface area contributed by atoms with Gasteiger partial charge in [0.15, 0.2) is 5.78 Å². The van der Waals surface area contributed by atoms with E-state index in [1.165, 1.54) is 4.90 Å². The van der Waals surface area contributed by atoms with E-state index in [9.17, 15) is 43.2 Å². The Morgan fingerprint density at radius 2 is 1.35 bits per heavy atom. The summed E-state index contributed by atoms with van der Waals surface area (Å²) in [4.78, 5) is 116. The number of nitrogens with two attached hydrogens (primary N) is 1. The van der Waals surface area contributed by atoms with Gasteiger partial charge in [0.05, 0.1) is 6.04 Å². The van der Waals surface area contributed by atoms with Gasteiger partial charge in [-0.2, -0.15) is 0 Å². The van der Waals surface area contributed by atoms with Crippen molar-refractivity contribution in [2.24, 2.45) is 17.6 Å². The average molecular weight is 722 g/mol. The summed E-state index contributed by atoms with van der Waals surface area (Å²) in [5.74, 6) is -5.20. The molecule has 3 rings (SSSR count). The number of nitrogens with zero attached hydrogens (tertiary/aromatic N) is 3. The molecule has 16 nitrogen and oxygen atoms in total. The Hall–Kier alpha value is -5.67. The number of urea groups is 1. The van der Waals surface area contributed by atoms with Crippen molar-refractivity contribution in [1.29, 1.82) is 0 Å². The molecule has 52 heavy (non-hydrogen) atoms. The fourth-order valence-corrected chi connectivity index (χ4v) is 5.67. The molecule has 1 aromatic rings. The lowest BCUT2D eigenvalue weighted by Crippen LogP contribution is -2.47. The van der Waals surface area contributed by atoms with Crippen molar-refractivity contribution < 1.29 is 43.2 Å². The van der Waals surface area contributed by atoms with Crippen molar-refractivity contribution in [2.75, 3.05) is 38.0 Å². The third kappa shape index (κ3) is 12.3. The van der Waals surface area contributed by atoms with Crippen LogP contribution in [0.1, 0.15) is 58.4 Å². The Labute approximate surface area is 302 Å². The fourth-order valence-electron chi connectivity index (χ4n) is 5.67. The maximum Gasteiger partial charge on any atom is 0.312 e. The summed E-state index contributed by atoms with van der Waals surface area (Å²) in [6.45, 7) is 5.22. The van der Waals surface area contributed by atoms with Gasteiger partial charge in [-0.05, 0) is 42.9 Å². The molecule has 1 aromatic carbocycles. The molecule has 0 unspecified atom stereocenters. The van der Waals surface area contributed by atoms with Crippen molar-refractivity contribution in [3.63, 3.8) is 0 Å². The van der Waals surface area contributed by atoms with Gasteiger partial charge < -0.3 is 26.6 Å². The topological polar surface area (TPSA) is 225 Å². The number of rotatable bonds is 21. The second kappa shape index (κ2) is 19.7. The van der Waals surface area contributed by atoms with Crippen LogP contribution >= 0.6 is 0 Å². The predicted molar refractivity (Wildman–Crippen MR) is 189 cm³/mol. The number of benzene rings is 1. The van der Waals surface area contributed by atoms with Crippen LogP contribution in [-0.4, -0.2) is 107 Å². The first-order valence-corrected chi connectivity index (χ1v) is 17.3. The minimum atomic E-state index is -0.971. The van der Waals surface area contributed by atoms with Gasteiger partial charge in [-0.15, -0.1) is 0 Å². The van der Waals surface area contributed by atoms with Crippen LogP contribution in [0.2, 0.25) is 0 Å². The lowest BCUT2D eigenvalue weighted by molar-refractivity contribution is -0.140. The van der Waals surface area contributed by atoms with Crippen LogP contribution in [0.5, 0.6) is 0 Å². The molecular weight excluding hydrogens is 674 g/mol. The van der Waals surface area contributed by atoms with Gasteiger partial charge in [-0.25, -0.2) is 4.79 Å². The van der Waals surface area contributed by atoms with Crippen molar-refractivity contribution in [3.8, 4) is 0 Å². The highest BCUT2D eigenvalue weighted by molar-refractivity contribution is 6.13. The number of carbonyl (C=O) groups excluding carboxylic acids is 9. The lowest BCUT2D eigenvalue weighted by atomic mass is 9.89. The molecule has 2 aliphatic rings. The minimum absolute atomic E-state index is 0.0997. The number of amides is 9. The summed E-state index contributed by atoms with van der Waals surface area (Å²) in [5.41, 5.74) is 6.80. The van der Waals surface area contributed by atoms with E-state index in [1.54, 1.807) is 26.0 Å². The van der Waals surface area contributed by atoms with E-state index >= 15 is 0 Å². The molecule has 5 N–H and O–H groups in total. The molecule has 0 aliphatic carbocycles. The number of aryl methyl sites for hydroxylation is 1. The second-order valence-electron chi connectivity index (χ2n) is 12.8. The van der Waals surface area contributed by atoms with E-state index in [4.69, 9.17) is 5.73 Å². The highest BCUT2D eigenvalue weighted by Crippen LogP contribution is 2.20. The Bertz CT molecular complexity index is 1520. The molecule has 2 heterocycles. The maximum absolute atomic E-state index is 13.6. The van der Waals surface area contributed by atoms with E-state index in [-0.39, 0.29) is 70.1 Å². The third-order valence-electron chi connectivity index (χ3n) is 8.71. The number of hydrogen-bond donors (Lipinski definition) is 4. The van der Waals surface area contributed by atoms with Crippen molar-refractivity contribution >= 4 is 58.9 Å². The third-order valence-corrected chi connectivity index (χ3v) is 8.71. The smallest absolute Gasteiger partial charge is 0.312 e. The molecule has 0 aromatic heterocycles. The van der Waals surface area contributed by atoms with Gasteiger partial charge >= 0.3 is 6.03 Å². The maximum atomic E-state index is 13.6. The largest absolute Gasteiger partial charge is 0.352 e. The number of carbonyl (C=O) groups is 9. The standard InChI is InChI=1S/C36H47N7O9/c1-4-24-7-9-26(10-8-24)39-35(51)25(6-5-17-38-36(37)52)22-27(44)34(23(2)3)40-28(45)11-12-29(46)41(18-20-42-30(47)13-14-31(42)48)19-21-43-32(49)15-16-33(43)50/h7-10,13-16,23,25,34H,4-6,11-12,17-22H2,1-3H3,(H,39,51)(H,40,45)(H3,37,38,52)/t25-,34+/m1/s1. The summed E-state index contributed by atoms with van der Waals surface area (Å²) in [6.07, 6.45) is 5.08. The summed E-state index contributed by atoms with van der Waals surface area (Å²) in [6, 6.07) is 5.65. The van der Waals surface area contributed by atoms with Gasteiger partial charge in [0.2, 0.25) is 17.7 Å². The molecule has 2 atom stereocenters. The van der Waals surface area contributed by atoms with Crippen LogP contribution in [0.4, 0.5) is 10.5 Å². The molecule has 280 valence electrons.